The highest BCUT2D eigenvalue weighted by atomic mass is 16.7. The summed E-state index contributed by atoms with van der Waals surface area (Å²) in [5.74, 6) is -0.191. The molecule has 1 heterocycles. The minimum absolute atomic E-state index is 0.0893. The second kappa shape index (κ2) is 4.42. The maximum atomic E-state index is 11.9. The number of hydrogen-bond acceptors (Lipinski definition) is 4. The Morgan fingerprint density at radius 3 is 3.00 bits per heavy atom. The average molecular weight is 236 g/mol. The Morgan fingerprint density at radius 2 is 2.29 bits per heavy atom. The van der Waals surface area contributed by atoms with Crippen molar-refractivity contribution >= 4 is 17.5 Å². The first kappa shape index (κ1) is 11.4. The molecule has 6 heteroatoms. The third kappa shape index (κ3) is 2.07. The van der Waals surface area contributed by atoms with Crippen LogP contribution in [0.4, 0.5) is 5.69 Å². The van der Waals surface area contributed by atoms with E-state index in [0.29, 0.717) is 17.0 Å². The molecule has 1 aliphatic rings. The molecule has 1 N–H and O–H groups in total. The van der Waals surface area contributed by atoms with E-state index >= 15 is 0 Å². The van der Waals surface area contributed by atoms with Crippen LogP contribution in [0.25, 0.3) is 0 Å². The fourth-order valence-corrected chi connectivity index (χ4v) is 1.54. The van der Waals surface area contributed by atoms with Crippen LogP contribution in [0.2, 0.25) is 0 Å². The number of para-hydroxylation sites is 1. The first-order valence-electron chi connectivity index (χ1n) is 5.01. The Balaban J connectivity index is 2.39. The van der Waals surface area contributed by atoms with Gasteiger partial charge in [0.2, 0.25) is 0 Å². The van der Waals surface area contributed by atoms with Gasteiger partial charge in [0.1, 0.15) is 0 Å². The maximum absolute atomic E-state index is 11.9. The second-order valence-electron chi connectivity index (χ2n) is 3.50. The van der Waals surface area contributed by atoms with E-state index in [4.69, 9.17) is 9.57 Å². The summed E-state index contributed by atoms with van der Waals surface area (Å²) in [4.78, 5) is 27.9. The van der Waals surface area contributed by atoms with E-state index in [1.165, 1.54) is 14.2 Å². The van der Waals surface area contributed by atoms with Crippen LogP contribution in [0, 0.1) is 0 Å². The molecule has 6 nitrogen and oxygen atoms in total. The highest BCUT2D eigenvalue weighted by Gasteiger charge is 2.24. The summed E-state index contributed by atoms with van der Waals surface area (Å²) in [6.07, 6.45) is 0. The third-order valence-electron chi connectivity index (χ3n) is 2.43. The number of benzene rings is 1. The molecule has 0 radical (unpaired) electrons. The van der Waals surface area contributed by atoms with Crippen LogP contribution in [-0.2, 0) is 9.63 Å². The lowest BCUT2D eigenvalue weighted by molar-refractivity contribution is -0.118. The van der Waals surface area contributed by atoms with E-state index in [9.17, 15) is 9.59 Å². The molecule has 1 aromatic rings. The van der Waals surface area contributed by atoms with Gasteiger partial charge in [0, 0.05) is 7.05 Å². The van der Waals surface area contributed by atoms with Gasteiger partial charge in [0.25, 0.3) is 11.8 Å². The molecule has 0 saturated carbocycles. The lowest BCUT2D eigenvalue weighted by Gasteiger charge is -2.22. The van der Waals surface area contributed by atoms with E-state index in [1.807, 2.05) is 0 Å². The van der Waals surface area contributed by atoms with E-state index in [1.54, 1.807) is 18.2 Å². The molecule has 0 aromatic heterocycles. The monoisotopic (exact) mass is 236 g/mol. The number of amides is 2. The van der Waals surface area contributed by atoms with Crippen LogP contribution in [-0.4, -0.2) is 37.6 Å². The van der Waals surface area contributed by atoms with Crippen molar-refractivity contribution in [3.8, 4) is 5.75 Å². The predicted octanol–water partition coefficient (Wildman–Crippen LogP) is 0.651. The number of anilines is 1. The fourth-order valence-electron chi connectivity index (χ4n) is 1.54. The lowest BCUT2D eigenvalue weighted by Crippen LogP contribution is -2.30. The molecular weight excluding hydrogens is 224 g/mol. The summed E-state index contributed by atoms with van der Waals surface area (Å²) in [6, 6.07) is 4.97. The minimum atomic E-state index is -0.333. The summed E-state index contributed by atoms with van der Waals surface area (Å²) in [5.41, 5.74) is 0.850. The zero-order chi connectivity index (χ0) is 12.4. The molecule has 1 aliphatic heterocycles. The van der Waals surface area contributed by atoms with Crippen LogP contribution in [0.5, 0.6) is 5.75 Å². The zero-order valence-corrected chi connectivity index (χ0v) is 9.52. The molecule has 2 amide bonds. The van der Waals surface area contributed by atoms with Crippen molar-refractivity contribution in [1.82, 2.24) is 5.06 Å². The molecule has 2 rings (SSSR count). The summed E-state index contributed by atoms with van der Waals surface area (Å²) < 4.78 is 5.27. The first-order valence-corrected chi connectivity index (χ1v) is 5.01. The Bertz CT molecular complexity index is 473. The van der Waals surface area contributed by atoms with Crippen molar-refractivity contribution in [2.45, 2.75) is 0 Å². The van der Waals surface area contributed by atoms with Gasteiger partial charge in [0.15, 0.2) is 12.4 Å². The number of nitrogens with zero attached hydrogens (tertiary/aromatic N) is 1. The summed E-state index contributed by atoms with van der Waals surface area (Å²) >= 11 is 0. The van der Waals surface area contributed by atoms with Crippen molar-refractivity contribution in [1.29, 1.82) is 0 Å². The van der Waals surface area contributed by atoms with Crippen LogP contribution >= 0.6 is 0 Å². The number of hydroxylamine groups is 2. The average Bonchev–Trinajstić information content (AvgIpc) is 2.35. The van der Waals surface area contributed by atoms with Crippen molar-refractivity contribution in [3.05, 3.63) is 23.8 Å². The third-order valence-corrected chi connectivity index (χ3v) is 2.43. The van der Waals surface area contributed by atoms with Gasteiger partial charge in [-0.15, -0.1) is 0 Å². The summed E-state index contributed by atoms with van der Waals surface area (Å²) in [7, 11) is 2.90. The van der Waals surface area contributed by atoms with E-state index in [2.05, 4.69) is 5.32 Å². The normalized spacial score (nSPS) is 13.4. The number of fused-ring (bicyclic) bond motifs is 1. The molecule has 1 aromatic carbocycles. The zero-order valence-electron chi connectivity index (χ0n) is 9.52. The van der Waals surface area contributed by atoms with Gasteiger partial charge in [-0.3, -0.25) is 14.4 Å². The largest absolute Gasteiger partial charge is 0.481 e. The standard InChI is InChI=1S/C11H12N2O4/c1-13(16-2)11(15)7-4-3-5-8-10(7)17-6-9(14)12-8/h3-5H,6H2,1-2H3,(H,12,14). The van der Waals surface area contributed by atoms with Gasteiger partial charge in [-0.1, -0.05) is 6.07 Å². The SMILES string of the molecule is CON(C)C(=O)c1cccc2c1OCC(=O)N2. The van der Waals surface area contributed by atoms with Gasteiger partial charge in [-0.2, -0.15) is 0 Å². The molecule has 0 bridgehead atoms. The molecule has 0 aliphatic carbocycles. The van der Waals surface area contributed by atoms with E-state index < -0.39 is 0 Å². The van der Waals surface area contributed by atoms with Crippen molar-refractivity contribution in [3.63, 3.8) is 0 Å². The van der Waals surface area contributed by atoms with Gasteiger partial charge in [-0.25, -0.2) is 5.06 Å². The van der Waals surface area contributed by atoms with Crippen LogP contribution in [0.15, 0.2) is 18.2 Å². The lowest BCUT2D eigenvalue weighted by atomic mass is 10.1. The Hall–Kier alpha value is -2.08. The summed E-state index contributed by atoms with van der Waals surface area (Å²) in [5, 5.41) is 3.73. The number of nitrogens with one attached hydrogen (secondary N) is 1. The number of hydrogen-bond donors (Lipinski definition) is 1. The van der Waals surface area contributed by atoms with Crippen LogP contribution in [0.3, 0.4) is 0 Å². The minimum Gasteiger partial charge on any atom is -0.481 e. The van der Waals surface area contributed by atoms with Gasteiger partial charge in [-0.05, 0) is 12.1 Å². The van der Waals surface area contributed by atoms with Crippen LogP contribution in [0.1, 0.15) is 10.4 Å². The van der Waals surface area contributed by atoms with Gasteiger partial charge >= 0.3 is 0 Å². The Kier molecular flexibility index (Phi) is 2.97. The Morgan fingerprint density at radius 1 is 1.53 bits per heavy atom. The number of carbonyl (C=O) groups is 2. The number of ether oxygens (including phenoxy) is 1. The fraction of sp³-hybridized carbons (Fsp3) is 0.273. The van der Waals surface area contributed by atoms with E-state index in [0.717, 1.165) is 5.06 Å². The van der Waals surface area contributed by atoms with E-state index in [-0.39, 0.29) is 18.4 Å². The molecule has 0 fully saturated rings. The number of carbonyl (C=O) groups excluding carboxylic acids is 2. The van der Waals surface area contributed by atoms with Gasteiger partial charge < -0.3 is 10.1 Å². The van der Waals surface area contributed by atoms with Crippen molar-refractivity contribution in [2.75, 3.05) is 26.1 Å². The second-order valence-corrected chi connectivity index (χ2v) is 3.50. The predicted molar refractivity (Wildman–Crippen MR) is 59.7 cm³/mol. The van der Waals surface area contributed by atoms with Crippen LogP contribution < -0.4 is 10.1 Å². The number of rotatable bonds is 2. The smallest absolute Gasteiger partial charge is 0.280 e. The van der Waals surface area contributed by atoms with Gasteiger partial charge in [0.05, 0.1) is 18.4 Å². The molecule has 17 heavy (non-hydrogen) atoms. The highest BCUT2D eigenvalue weighted by molar-refractivity contribution is 6.02. The highest BCUT2D eigenvalue weighted by Crippen LogP contribution is 2.32. The molecule has 0 saturated heterocycles. The molecule has 0 spiro atoms. The first-order chi connectivity index (χ1) is 8.13. The molecular formula is C11H12N2O4. The topological polar surface area (TPSA) is 67.9 Å². The molecule has 0 atom stereocenters. The Labute approximate surface area is 98.1 Å². The molecule has 90 valence electrons. The maximum Gasteiger partial charge on any atom is 0.280 e. The van der Waals surface area contributed by atoms with Crippen molar-refractivity contribution < 1.29 is 19.2 Å². The molecule has 0 unspecified atom stereocenters. The van der Waals surface area contributed by atoms with Crippen molar-refractivity contribution in [2.24, 2.45) is 0 Å². The quantitative estimate of drug-likeness (QED) is 0.765. The summed E-state index contributed by atoms with van der Waals surface area (Å²) in [6.45, 7) is -0.0893.